The van der Waals surface area contributed by atoms with Crippen molar-refractivity contribution in [2.75, 3.05) is 13.1 Å². The zero-order valence-corrected chi connectivity index (χ0v) is 14.5. The van der Waals surface area contributed by atoms with Crippen LogP contribution in [-0.2, 0) is 4.79 Å². The molecular weight excluding hydrogens is 316 g/mol. The fraction of sp³-hybridized carbons (Fsp3) is 0.579. The molecule has 1 aliphatic carbocycles. The number of amides is 1. The van der Waals surface area contributed by atoms with Crippen molar-refractivity contribution in [3.05, 3.63) is 34.7 Å². The molecule has 0 unspecified atom stereocenters. The van der Waals surface area contributed by atoms with Crippen LogP contribution in [0.5, 0.6) is 0 Å². The van der Waals surface area contributed by atoms with E-state index in [1.54, 1.807) is 0 Å². The summed E-state index contributed by atoms with van der Waals surface area (Å²) in [6.45, 7) is 1.35. The van der Waals surface area contributed by atoms with Gasteiger partial charge in [0, 0.05) is 19.1 Å². The number of aromatic nitrogens is 2. The number of nitrogens with one attached hydrogen (secondary N) is 1. The van der Waals surface area contributed by atoms with Crippen LogP contribution in [0, 0.1) is 0 Å². The van der Waals surface area contributed by atoms with Crippen molar-refractivity contribution in [3.8, 4) is 0 Å². The summed E-state index contributed by atoms with van der Waals surface area (Å²) in [5.41, 5.74) is 7.50. The van der Waals surface area contributed by atoms with Crippen LogP contribution in [0.25, 0.3) is 11.0 Å². The number of piperidine rings is 1. The number of H-pyrrole nitrogens is 1. The van der Waals surface area contributed by atoms with Crippen LogP contribution in [0.3, 0.4) is 0 Å². The highest BCUT2D eigenvalue weighted by Gasteiger charge is 2.39. The van der Waals surface area contributed by atoms with E-state index in [4.69, 9.17) is 5.73 Å². The predicted molar refractivity (Wildman–Crippen MR) is 97.4 cm³/mol. The van der Waals surface area contributed by atoms with Gasteiger partial charge in [0.25, 0.3) is 0 Å². The number of imidazole rings is 1. The summed E-state index contributed by atoms with van der Waals surface area (Å²) < 4.78 is 1.86. The Morgan fingerprint density at radius 1 is 1.12 bits per heavy atom. The number of hydrogen-bond donors (Lipinski definition) is 2. The average molecular weight is 342 g/mol. The number of aromatic amines is 1. The Morgan fingerprint density at radius 3 is 2.52 bits per heavy atom. The van der Waals surface area contributed by atoms with Crippen molar-refractivity contribution >= 4 is 16.9 Å². The number of para-hydroxylation sites is 2. The summed E-state index contributed by atoms with van der Waals surface area (Å²) in [6.07, 6.45) is 6.46. The molecule has 1 saturated carbocycles. The van der Waals surface area contributed by atoms with Crippen LogP contribution >= 0.6 is 0 Å². The van der Waals surface area contributed by atoms with Crippen molar-refractivity contribution in [1.29, 1.82) is 0 Å². The quantitative estimate of drug-likeness (QED) is 0.877. The van der Waals surface area contributed by atoms with Gasteiger partial charge in [-0.2, -0.15) is 0 Å². The molecule has 1 amide bonds. The van der Waals surface area contributed by atoms with Crippen LogP contribution in [0.15, 0.2) is 29.1 Å². The molecule has 0 bridgehead atoms. The SMILES string of the molecule is NC1(C(=O)N2CCC(n3c(=O)[nH]c4ccccc43)CC2)CCCCC1. The number of rotatable bonds is 2. The van der Waals surface area contributed by atoms with Crippen molar-refractivity contribution in [3.63, 3.8) is 0 Å². The molecule has 1 aromatic carbocycles. The number of nitrogens with zero attached hydrogens (tertiary/aromatic N) is 2. The molecule has 0 spiro atoms. The van der Waals surface area contributed by atoms with Crippen molar-refractivity contribution in [1.82, 2.24) is 14.5 Å². The van der Waals surface area contributed by atoms with Crippen molar-refractivity contribution in [2.45, 2.75) is 56.5 Å². The average Bonchev–Trinajstić information content (AvgIpc) is 2.97. The first-order valence-electron chi connectivity index (χ1n) is 9.36. The molecule has 2 fully saturated rings. The Hall–Kier alpha value is -2.08. The number of nitrogens with two attached hydrogens (primary N) is 1. The molecule has 1 saturated heterocycles. The highest BCUT2D eigenvalue weighted by atomic mass is 16.2. The Balaban J connectivity index is 1.49. The number of likely N-dealkylation sites (tertiary alicyclic amines) is 1. The van der Waals surface area contributed by atoms with Gasteiger partial charge in [-0.25, -0.2) is 4.79 Å². The lowest BCUT2D eigenvalue weighted by Crippen LogP contribution is -2.57. The van der Waals surface area contributed by atoms with E-state index in [2.05, 4.69) is 4.98 Å². The lowest BCUT2D eigenvalue weighted by Gasteiger charge is -2.40. The third-order valence-electron chi connectivity index (χ3n) is 5.91. The second-order valence-corrected chi connectivity index (χ2v) is 7.56. The Kier molecular flexibility index (Phi) is 4.15. The molecular formula is C19H26N4O2. The number of carbonyl (C=O) groups is 1. The molecule has 6 nitrogen and oxygen atoms in total. The zero-order valence-electron chi connectivity index (χ0n) is 14.5. The second-order valence-electron chi connectivity index (χ2n) is 7.56. The normalized spacial score (nSPS) is 21.6. The number of carbonyl (C=O) groups excluding carboxylic acids is 1. The van der Waals surface area contributed by atoms with Gasteiger partial charge in [0.05, 0.1) is 16.6 Å². The highest BCUT2D eigenvalue weighted by Crippen LogP contribution is 2.31. The summed E-state index contributed by atoms with van der Waals surface area (Å²) in [4.78, 5) is 30.1. The van der Waals surface area contributed by atoms with Gasteiger partial charge in [-0.05, 0) is 37.8 Å². The van der Waals surface area contributed by atoms with Gasteiger partial charge in [0.2, 0.25) is 5.91 Å². The van der Waals surface area contributed by atoms with Crippen LogP contribution in [0.2, 0.25) is 0 Å². The minimum absolute atomic E-state index is 0.0615. The van der Waals surface area contributed by atoms with Crippen LogP contribution in [0.1, 0.15) is 51.0 Å². The summed E-state index contributed by atoms with van der Waals surface area (Å²) in [7, 11) is 0. The maximum atomic E-state index is 12.9. The van der Waals surface area contributed by atoms with Gasteiger partial charge in [-0.1, -0.05) is 31.4 Å². The molecule has 25 heavy (non-hydrogen) atoms. The maximum Gasteiger partial charge on any atom is 0.326 e. The van der Waals surface area contributed by atoms with E-state index >= 15 is 0 Å². The largest absolute Gasteiger partial charge is 0.341 e. The first-order valence-corrected chi connectivity index (χ1v) is 9.36. The summed E-state index contributed by atoms with van der Waals surface area (Å²) in [6, 6.07) is 7.91. The maximum absolute atomic E-state index is 12.9. The van der Waals surface area contributed by atoms with E-state index in [9.17, 15) is 9.59 Å². The van der Waals surface area contributed by atoms with E-state index in [0.717, 1.165) is 49.6 Å². The zero-order chi connectivity index (χ0) is 17.4. The summed E-state index contributed by atoms with van der Waals surface area (Å²) >= 11 is 0. The molecule has 1 aliphatic heterocycles. The van der Waals surface area contributed by atoms with Crippen LogP contribution in [0.4, 0.5) is 0 Å². The number of hydrogen-bond acceptors (Lipinski definition) is 3. The smallest absolute Gasteiger partial charge is 0.326 e. The van der Waals surface area contributed by atoms with E-state index < -0.39 is 5.54 Å². The predicted octanol–water partition coefficient (Wildman–Crippen LogP) is 2.15. The van der Waals surface area contributed by atoms with Gasteiger partial charge < -0.3 is 15.6 Å². The lowest BCUT2D eigenvalue weighted by atomic mass is 9.81. The van der Waals surface area contributed by atoms with Gasteiger partial charge in [-0.3, -0.25) is 9.36 Å². The Bertz CT molecular complexity index is 823. The van der Waals surface area contributed by atoms with Crippen LogP contribution < -0.4 is 11.4 Å². The molecule has 4 rings (SSSR count). The third-order valence-corrected chi connectivity index (χ3v) is 5.91. The van der Waals surface area contributed by atoms with Crippen molar-refractivity contribution in [2.24, 2.45) is 5.73 Å². The lowest BCUT2D eigenvalue weighted by molar-refractivity contribution is -0.139. The van der Waals surface area contributed by atoms with E-state index in [1.165, 1.54) is 6.42 Å². The Morgan fingerprint density at radius 2 is 1.80 bits per heavy atom. The third kappa shape index (κ3) is 2.88. The Labute approximate surface area is 147 Å². The summed E-state index contributed by atoms with van der Waals surface area (Å²) in [5.74, 6) is 0.108. The van der Waals surface area contributed by atoms with E-state index in [-0.39, 0.29) is 17.6 Å². The van der Waals surface area contributed by atoms with Gasteiger partial charge in [0.15, 0.2) is 0 Å². The topological polar surface area (TPSA) is 84.1 Å². The van der Waals surface area contributed by atoms with Gasteiger partial charge >= 0.3 is 5.69 Å². The molecule has 134 valence electrons. The molecule has 2 aliphatic rings. The second kappa shape index (κ2) is 6.33. The molecule has 1 aromatic heterocycles. The molecule has 3 N–H and O–H groups in total. The summed E-state index contributed by atoms with van der Waals surface area (Å²) in [5, 5.41) is 0. The molecule has 0 atom stereocenters. The fourth-order valence-electron chi connectivity index (χ4n) is 4.48. The first kappa shape index (κ1) is 16.4. The fourth-order valence-corrected chi connectivity index (χ4v) is 4.48. The molecule has 0 radical (unpaired) electrons. The van der Waals surface area contributed by atoms with Gasteiger partial charge in [0.1, 0.15) is 0 Å². The molecule has 2 heterocycles. The minimum atomic E-state index is -0.664. The standard InChI is InChI=1S/C19H26N4O2/c20-19(10-4-1-5-11-19)17(24)22-12-8-14(9-13-22)23-16-7-3-2-6-15(16)21-18(23)25/h2-3,6-7,14H,1,4-5,8-13,20H2,(H,21,25). The number of benzene rings is 1. The highest BCUT2D eigenvalue weighted by molar-refractivity contribution is 5.86. The van der Waals surface area contributed by atoms with Crippen LogP contribution in [-0.4, -0.2) is 39.0 Å². The van der Waals surface area contributed by atoms with Gasteiger partial charge in [-0.15, -0.1) is 0 Å². The van der Waals surface area contributed by atoms with E-state index in [1.807, 2.05) is 33.7 Å². The number of fused-ring (bicyclic) bond motifs is 1. The minimum Gasteiger partial charge on any atom is -0.341 e. The molecule has 6 heteroatoms. The first-order chi connectivity index (χ1) is 12.1. The van der Waals surface area contributed by atoms with E-state index in [0.29, 0.717) is 13.1 Å². The van der Waals surface area contributed by atoms with Crippen molar-refractivity contribution < 1.29 is 4.79 Å². The molecule has 2 aromatic rings. The monoisotopic (exact) mass is 342 g/mol.